The Morgan fingerprint density at radius 3 is 2.68 bits per heavy atom. The average molecular weight is 472 g/mol. The van der Waals surface area contributed by atoms with Gasteiger partial charge in [-0.2, -0.15) is 16.3 Å². The quantitative estimate of drug-likeness (QED) is 0.298. The zero-order chi connectivity index (χ0) is 23.5. The summed E-state index contributed by atoms with van der Waals surface area (Å²) in [6, 6.07) is 18.7. The van der Waals surface area contributed by atoms with Crippen LogP contribution in [0.25, 0.3) is 22.2 Å². The molecule has 5 rings (SSSR count). The number of methoxy groups -OCH3 is 2. The number of hydrogen-bond donors (Lipinski definition) is 0. The van der Waals surface area contributed by atoms with E-state index in [2.05, 4.69) is 21.4 Å². The van der Waals surface area contributed by atoms with Crippen LogP contribution in [0.2, 0.25) is 0 Å². The van der Waals surface area contributed by atoms with Crippen molar-refractivity contribution in [3.8, 4) is 22.6 Å². The normalized spacial score (nSPS) is 10.9. The van der Waals surface area contributed by atoms with Crippen molar-refractivity contribution < 1.29 is 18.7 Å². The number of thiophene rings is 1. The summed E-state index contributed by atoms with van der Waals surface area (Å²) in [4.78, 5) is 23.9. The van der Waals surface area contributed by atoms with Gasteiger partial charge in [-0.1, -0.05) is 12.1 Å². The van der Waals surface area contributed by atoms with Gasteiger partial charge in [-0.3, -0.25) is 14.7 Å². The van der Waals surface area contributed by atoms with Gasteiger partial charge < -0.3 is 13.9 Å². The fraction of sp³-hybridized carbons (Fsp3) is 0.115. The highest BCUT2D eigenvalue weighted by atomic mass is 32.1. The van der Waals surface area contributed by atoms with Crippen LogP contribution in [-0.4, -0.2) is 30.1 Å². The highest BCUT2D eigenvalue weighted by molar-refractivity contribution is 7.08. The van der Waals surface area contributed by atoms with Gasteiger partial charge in [0.1, 0.15) is 22.7 Å². The van der Waals surface area contributed by atoms with Crippen molar-refractivity contribution >= 4 is 34.4 Å². The number of pyridine rings is 1. The standard InChI is InChI=1S/C26H21N3O4S/c1-31-20-8-6-18(24(14-20)32-2)15-29(25(30)21-5-3-4-11-27-21)26-28-22-13-17(7-9-23(22)33-26)19-10-12-34-16-19/h3-14,16H,15H2,1-2H3. The largest absolute Gasteiger partial charge is 0.497 e. The Balaban J connectivity index is 1.57. The number of benzene rings is 2. The number of fused-ring (bicyclic) bond motifs is 1. The van der Waals surface area contributed by atoms with Crippen LogP contribution in [-0.2, 0) is 6.54 Å². The maximum atomic E-state index is 13.5. The Morgan fingerprint density at radius 1 is 1.03 bits per heavy atom. The van der Waals surface area contributed by atoms with E-state index >= 15 is 0 Å². The highest BCUT2D eigenvalue weighted by Gasteiger charge is 2.25. The molecule has 0 fully saturated rings. The molecule has 3 aromatic heterocycles. The number of rotatable bonds is 7. The summed E-state index contributed by atoms with van der Waals surface area (Å²) in [5.74, 6) is 0.920. The Morgan fingerprint density at radius 2 is 1.94 bits per heavy atom. The second-order valence-electron chi connectivity index (χ2n) is 7.48. The second kappa shape index (κ2) is 9.36. The summed E-state index contributed by atoms with van der Waals surface area (Å²) < 4.78 is 16.9. The van der Waals surface area contributed by atoms with Crippen molar-refractivity contribution in [3.63, 3.8) is 0 Å². The zero-order valence-electron chi connectivity index (χ0n) is 18.6. The van der Waals surface area contributed by atoms with Gasteiger partial charge in [0.05, 0.1) is 20.8 Å². The average Bonchev–Trinajstić information content (AvgIpc) is 3.57. The molecule has 0 aliphatic heterocycles. The molecule has 5 aromatic rings. The number of anilines is 1. The fourth-order valence-electron chi connectivity index (χ4n) is 3.65. The molecule has 2 aromatic carbocycles. The lowest BCUT2D eigenvalue weighted by Crippen LogP contribution is -2.31. The van der Waals surface area contributed by atoms with E-state index in [1.165, 1.54) is 4.90 Å². The molecule has 0 saturated carbocycles. The summed E-state index contributed by atoms with van der Waals surface area (Å²) >= 11 is 1.63. The first-order chi connectivity index (χ1) is 16.7. The van der Waals surface area contributed by atoms with Gasteiger partial charge >= 0.3 is 6.01 Å². The van der Waals surface area contributed by atoms with Crippen LogP contribution in [0, 0.1) is 0 Å². The molecule has 0 spiro atoms. The van der Waals surface area contributed by atoms with E-state index in [-0.39, 0.29) is 24.2 Å². The molecular weight excluding hydrogens is 450 g/mol. The van der Waals surface area contributed by atoms with Gasteiger partial charge in [-0.05, 0) is 64.4 Å². The minimum atomic E-state index is -0.330. The van der Waals surface area contributed by atoms with E-state index < -0.39 is 0 Å². The third-order valence-corrected chi connectivity index (χ3v) is 6.10. The third-order valence-electron chi connectivity index (χ3n) is 5.41. The van der Waals surface area contributed by atoms with Gasteiger partial charge in [-0.25, -0.2) is 0 Å². The Kier molecular flexibility index (Phi) is 5.97. The summed E-state index contributed by atoms with van der Waals surface area (Å²) in [5, 5.41) is 4.11. The predicted octanol–water partition coefficient (Wildman–Crippen LogP) is 5.82. The van der Waals surface area contributed by atoms with Gasteiger partial charge in [-0.15, -0.1) is 0 Å². The van der Waals surface area contributed by atoms with Crippen molar-refractivity contribution in [1.29, 1.82) is 0 Å². The smallest absolute Gasteiger partial charge is 0.305 e. The molecule has 8 heteroatoms. The van der Waals surface area contributed by atoms with Crippen LogP contribution in [0.4, 0.5) is 6.01 Å². The first-order valence-corrected chi connectivity index (χ1v) is 11.5. The Labute approximate surface area is 200 Å². The lowest BCUT2D eigenvalue weighted by molar-refractivity contribution is 0.0975. The number of carbonyl (C=O) groups is 1. The molecule has 0 radical (unpaired) electrons. The Bertz CT molecular complexity index is 1430. The summed E-state index contributed by atoms with van der Waals surface area (Å²) in [6.45, 7) is 0.173. The highest BCUT2D eigenvalue weighted by Crippen LogP contribution is 2.32. The number of carbonyl (C=O) groups excluding carboxylic acids is 1. The number of aromatic nitrogens is 2. The number of amides is 1. The van der Waals surface area contributed by atoms with Crippen molar-refractivity contribution in [3.05, 3.63) is 88.9 Å². The van der Waals surface area contributed by atoms with Crippen LogP contribution >= 0.6 is 11.3 Å². The molecule has 34 heavy (non-hydrogen) atoms. The van der Waals surface area contributed by atoms with E-state index in [0.29, 0.717) is 22.6 Å². The number of oxazole rings is 1. The van der Waals surface area contributed by atoms with Crippen LogP contribution in [0.15, 0.2) is 82.0 Å². The van der Waals surface area contributed by atoms with Gasteiger partial charge in [0.15, 0.2) is 5.58 Å². The SMILES string of the molecule is COc1ccc(CN(C(=O)c2ccccn2)c2nc3cc(-c4ccsc4)ccc3o2)c(OC)c1. The van der Waals surface area contributed by atoms with Gasteiger partial charge in [0.25, 0.3) is 5.91 Å². The van der Waals surface area contributed by atoms with E-state index in [0.717, 1.165) is 16.7 Å². The van der Waals surface area contributed by atoms with Crippen LogP contribution in [0.1, 0.15) is 16.1 Å². The fourth-order valence-corrected chi connectivity index (χ4v) is 4.31. The Hall–Kier alpha value is -4.17. The lowest BCUT2D eigenvalue weighted by atomic mass is 10.1. The van der Waals surface area contributed by atoms with Crippen molar-refractivity contribution in [2.45, 2.75) is 6.54 Å². The van der Waals surface area contributed by atoms with Crippen molar-refractivity contribution in [2.24, 2.45) is 0 Å². The maximum absolute atomic E-state index is 13.5. The van der Waals surface area contributed by atoms with Crippen molar-refractivity contribution in [2.75, 3.05) is 19.1 Å². The van der Waals surface area contributed by atoms with E-state index in [9.17, 15) is 4.79 Å². The molecule has 3 heterocycles. The molecule has 0 saturated heterocycles. The maximum Gasteiger partial charge on any atom is 0.305 e. The molecular formula is C26H21N3O4S. The van der Waals surface area contributed by atoms with E-state index in [1.54, 1.807) is 56.0 Å². The third kappa shape index (κ3) is 4.23. The minimum Gasteiger partial charge on any atom is -0.497 e. The molecule has 0 bridgehead atoms. The van der Waals surface area contributed by atoms with Crippen LogP contribution in [0.5, 0.6) is 11.5 Å². The number of nitrogens with zero attached hydrogens (tertiary/aromatic N) is 3. The topological polar surface area (TPSA) is 77.7 Å². The zero-order valence-corrected chi connectivity index (χ0v) is 19.4. The first kappa shape index (κ1) is 21.7. The summed E-state index contributed by atoms with van der Waals surface area (Å²) in [7, 11) is 3.17. The molecule has 7 nitrogen and oxygen atoms in total. The van der Waals surface area contributed by atoms with Crippen LogP contribution in [0.3, 0.4) is 0 Å². The first-order valence-electron chi connectivity index (χ1n) is 10.5. The van der Waals surface area contributed by atoms with E-state index in [1.807, 2.05) is 35.7 Å². The molecule has 0 N–H and O–H groups in total. The number of hydrogen-bond acceptors (Lipinski definition) is 7. The summed E-state index contributed by atoms with van der Waals surface area (Å²) in [5.41, 5.74) is 4.47. The van der Waals surface area contributed by atoms with Crippen LogP contribution < -0.4 is 14.4 Å². The lowest BCUT2D eigenvalue weighted by Gasteiger charge is -2.20. The number of ether oxygens (including phenoxy) is 2. The van der Waals surface area contributed by atoms with Gasteiger partial charge in [0, 0.05) is 17.8 Å². The molecule has 0 unspecified atom stereocenters. The molecule has 0 atom stereocenters. The van der Waals surface area contributed by atoms with Gasteiger partial charge in [0.2, 0.25) is 0 Å². The molecule has 0 aliphatic carbocycles. The minimum absolute atomic E-state index is 0.173. The molecule has 1 amide bonds. The van der Waals surface area contributed by atoms with Crippen molar-refractivity contribution in [1.82, 2.24) is 9.97 Å². The van der Waals surface area contributed by atoms with E-state index in [4.69, 9.17) is 13.9 Å². The molecule has 0 aliphatic rings. The predicted molar refractivity (Wildman–Crippen MR) is 132 cm³/mol. The monoisotopic (exact) mass is 471 g/mol. The second-order valence-corrected chi connectivity index (χ2v) is 8.26. The molecule has 170 valence electrons. The summed E-state index contributed by atoms with van der Waals surface area (Å²) in [6.07, 6.45) is 1.58.